The number of nitrogens with zero attached hydrogens (tertiary/aromatic N) is 2. The van der Waals surface area contributed by atoms with Gasteiger partial charge in [0, 0.05) is 36.1 Å². The Labute approximate surface area is 173 Å². The third-order valence-corrected chi connectivity index (χ3v) is 5.58. The first-order valence-electron chi connectivity index (χ1n) is 10.0. The molecule has 150 valence electrons. The molecule has 4 rings (SSSR count). The predicted octanol–water partition coefficient (Wildman–Crippen LogP) is 4.38. The second kappa shape index (κ2) is 7.90. The summed E-state index contributed by atoms with van der Waals surface area (Å²) in [5.74, 6) is 0.782. The third kappa shape index (κ3) is 3.50. The zero-order valence-corrected chi connectivity index (χ0v) is 17.3. The molecule has 1 aliphatic heterocycles. The molecule has 0 radical (unpaired) electrons. The standard InChI is InChI=1S/C25H28N2O2/c1-26(2)16-9-17-29-20-14-15-24-22(18-20)25(28,19-10-5-4-6-11-19)21-12-7-8-13-23(21)27(24)3/h4-8,10-15,18,28H,9,16-17H2,1-3H3. The van der Waals surface area contributed by atoms with E-state index in [0.29, 0.717) is 6.61 Å². The molecule has 1 N–H and O–H groups in total. The van der Waals surface area contributed by atoms with Gasteiger partial charge >= 0.3 is 0 Å². The summed E-state index contributed by atoms with van der Waals surface area (Å²) in [6, 6.07) is 23.9. The van der Waals surface area contributed by atoms with Crippen molar-refractivity contribution >= 4 is 11.4 Å². The maximum absolute atomic E-state index is 12.1. The Morgan fingerprint density at radius 1 is 0.897 bits per heavy atom. The molecule has 0 fully saturated rings. The van der Waals surface area contributed by atoms with Crippen LogP contribution in [0.5, 0.6) is 5.75 Å². The van der Waals surface area contributed by atoms with E-state index in [1.165, 1.54) is 0 Å². The smallest absolute Gasteiger partial charge is 0.144 e. The molecule has 1 aliphatic rings. The molecule has 0 amide bonds. The van der Waals surface area contributed by atoms with Gasteiger partial charge in [-0.1, -0.05) is 48.5 Å². The van der Waals surface area contributed by atoms with Crippen molar-refractivity contribution in [1.82, 2.24) is 4.90 Å². The molecule has 29 heavy (non-hydrogen) atoms. The van der Waals surface area contributed by atoms with E-state index in [-0.39, 0.29) is 0 Å². The van der Waals surface area contributed by atoms with Crippen molar-refractivity contribution in [2.24, 2.45) is 0 Å². The lowest BCUT2D eigenvalue weighted by molar-refractivity contribution is 0.124. The lowest BCUT2D eigenvalue weighted by Crippen LogP contribution is -2.36. The molecular formula is C25H28N2O2. The van der Waals surface area contributed by atoms with Crippen molar-refractivity contribution in [3.63, 3.8) is 0 Å². The van der Waals surface area contributed by atoms with Gasteiger partial charge < -0.3 is 19.6 Å². The summed E-state index contributed by atoms with van der Waals surface area (Å²) in [4.78, 5) is 4.29. The molecule has 0 aliphatic carbocycles. The molecular weight excluding hydrogens is 360 g/mol. The van der Waals surface area contributed by atoms with E-state index in [0.717, 1.165) is 46.8 Å². The topological polar surface area (TPSA) is 35.9 Å². The van der Waals surface area contributed by atoms with Gasteiger partial charge in [0.2, 0.25) is 0 Å². The fourth-order valence-corrected chi connectivity index (χ4v) is 4.10. The number of rotatable bonds is 6. The Morgan fingerprint density at radius 2 is 1.59 bits per heavy atom. The molecule has 4 nitrogen and oxygen atoms in total. The minimum absolute atomic E-state index is 0.646. The maximum Gasteiger partial charge on any atom is 0.144 e. The Morgan fingerprint density at radius 3 is 2.34 bits per heavy atom. The first kappa shape index (κ1) is 19.5. The van der Waals surface area contributed by atoms with Crippen LogP contribution in [0.25, 0.3) is 0 Å². The van der Waals surface area contributed by atoms with Crippen LogP contribution in [0.15, 0.2) is 72.8 Å². The van der Waals surface area contributed by atoms with Gasteiger partial charge in [0.25, 0.3) is 0 Å². The minimum Gasteiger partial charge on any atom is -0.494 e. The lowest BCUT2D eigenvalue weighted by Gasteiger charge is -2.41. The summed E-state index contributed by atoms with van der Waals surface area (Å²) < 4.78 is 6.02. The Balaban J connectivity index is 1.78. The van der Waals surface area contributed by atoms with Gasteiger partial charge in [-0.05, 0) is 50.3 Å². The highest BCUT2D eigenvalue weighted by Crippen LogP contribution is 2.51. The van der Waals surface area contributed by atoms with Crippen LogP contribution in [0.3, 0.4) is 0 Å². The van der Waals surface area contributed by atoms with E-state index in [1.807, 2.05) is 73.8 Å². The highest BCUT2D eigenvalue weighted by Gasteiger charge is 2.42. The molecule has 3 aromatic carbocycles. The van der Waals surface area contributed by atoms with E-state index >= 15 is 0 Å². The van der Waals surface area contributed by atoms with Crippen molar-refractivity contribution in [2.45, 2.75) is 12.0 Å². The third-order valence-electron chi connectivity index (χ3n) is 5.58. The monoisotopic (exact) mass is 388 g/mol. The number of fused-ring (bicyclic) bond motifs is 2. The Bertz CT molecular complexity index is 987. The Kier molecular flexibility index (Phi) is 5.31. The van der Waals surface area contributed by atoms with Crippen LogP contribution < -0.4 is 9.64 Å². The van der Waals surface area contributed by atoms with Gasteiger partial charge in [-0.3, -0.25) is 0 Å². The van der Waals surface area contributed by atoms with Crippen LogP contribution >= 0.6 is 0 Å². The average Bonchev–Trinajstić information content (AvgIpc) is 2.75. The molecule has 1 unspecified atom stereocenters. The van der Waals surface area contributed by atoms with Crippen LogP contribution in [-0.2, 0) is 5.60 Å². The van der Waals surface area contributed by atoms with Crippen LogP contribution in [0.2, 0.25) is 0 Å². The van der Waals surface area contributed by atoms with Crippen molar-refractivity contribution in [3.8, 4) is 5.75 Å². The van der Waals surface area contributed by atoms with Gasteiger partial charge in [0.1, 0.15) is 11.4 Å². The number of benzene rings is 3. The van der Waals surface area contributed by atoms with Gasteiger partial charge in [0.15, 0.2) is 0 Å². The quantitative estimate of drug-likeness (QED) is 0.636. The number of hydrogen-bond acceptors (Lipinski definition) is 4. The van der Waals surface area contributed by atoms with E-state index in [1.54, 1.807) is 0 Å². The lowest BCUT2D eigenvalue weighted by atomic mass is 9.76. The zero-order chi connectivity index (χ0) is 20.4. The molecule has 0 saturated heterocycles. The van der Waals surface area contributed by atoms with Crippen LogP contribution in [0.1, 0.15) is 23.1 Å². The van der Waals surface area contributed by atoms with Crippen LogP contribution in [0, 0.1) is 0 Å². The molecule has 1 atom stereocenters. The number of aliphatic hydroxyl groups is 1. The van der Waals surface area contributed by atoms with Gasteiger partial charge in [-0.15, -0.1) is 0 Å². The molecule has 0 saturated carbocycles. The van der Waals surface area contributed by atoms with Crippen molar-refractivity contribution < 1.29 is 9.84 Å². The molecule has 1 heterocycles. The summed E-state index contributed by atoms with van der Waals surface area (Å²) in [7, 11) is 6.16. The maximum atomic E-state index is 12.1. The molecule has 0 bridgehead atoms. The second-order valence-corrected chi connectivity index (χ2v) is 7.84. The van der Waals surface area contributed by atoms with E-state index < -0.39 is 5.60 Å². The number of para-hydroxylation sites is 1. The van der Waals surface area contributed by atoms with E-state index in [2.05, 4.69) is 30.0 Å². The van der Waals surface area contributed by atoms with Crippen molar-refractivity contribution in [3.05, 3.63) is 89.5 Å². The highest BCUT2D eigenvalue weighted by atomic mass is 16.5. The van der Waals surface area contributed by atoms with E-state index in [4.69, 9.17) is 4.74 Å². The summed E-state index contributed by atoms with van der Waals surface area (Å²) in [5, 5.41) is 12.1. The molecule has 0 spiro atoms. The summed E-state index contributed by atoms with van der Waals surface area (Å²) >= 11 is 0. The van der Waals surface area contributed by atoms with Crippen LogP contribution in [0.4, 0.5) is 11.4 Å². The largest absolute Gasteiger partial charge is 0.494 e. The van der Waals surface area contributed by atoms with Crippen molar-refractivity contribution in [1.29, 1.82) is 0 Å². The minimum atomic E-state index is -1.23. The Hall–Kier alpha value is -2.82. The zero-order valence-electron chi connectivity index (χ0n) is 17.3. The first-order chi connectivity index (χ1) is 14.0. The number of hydrogen-bond donors (Lipinski definition) is 1. The summed E-state index contributed by atoms with van der Waals surface area (Å²) in [6.07, 6.45) is 0.954. The molecule has 0 aromatic heterocycles. The number of anilines is 2. The summed E-state index contributed by atoms with van der Waals surface area (Å²) in [6.45, 7) is 1.63. The SMILES string of the molecule is CN(C)CCCOc1ccc2c(c1)C(O)(c1ccccc1)c1ccccc1N2C. The fourth-order valence-electron chi connectivity index (χ4n) is 4.10. The molecule has 4 heteroatoms. The van der Waals surface area contributed by atoms with Gasteiger partial charge in [0.05, 0.1) is 6.61 Å². The average molecular weight is 389 g/mol. The van der Waals surface area contributed by atoms with Gasteiger partial charge in [-0.25, -0.2) is 0 Å². The number of ether oxygens (including phenoxy) is 1. The van der Waals surface area contributed by atoms with Gasteiger partial charge in [-0.2, -0.15) is 0 Å². The normalized spacial score (nSPS) is 17.8. The summed E-state index contributed by atoms with van der Waals surface area (Å²) in [5.41, 5.74) is 3.33. The molecule has 3 aromatic rings. The predicted molar refractivity (Wildman–Crippen MR) is 118 cm³/mol. The van der Waals surface area contributed by atoms with Crippen molar-refractivity contribution in [2.75, 3.05) is 39.2 Å². The second-order valence-electron chi connectivity index (χ2n) is 7.84. The van der Waals surface area contributed by atoms with E-state index in [9.17, 15) is 5.11 Å². The first-order valence-corrected chi connectivity index (χ1v) is 10.0. The highest BCUT2D eigenvalue weighted by molar-refractivity contribution is 5.79. The van der Waals surface area contributed by atoms with Crippen LogP contribution in [-0.4, -0.2) is 44.3 Å². The fraction of sp³-hybridized carbons (Fsp3) is 0.280.